The lowest BCUT2D eigenvalue weighted by molar-refractivity contribution is -0.124. The van der Waals surface area contributed by atoms with Gasteiger partial charge in [0.05, 0.1) is 4.91 Å². The number of amides is 3. The van der Waals surface area contributed by atoms with E-state index < -0.39 is 5.91 Å². The minimum absolute atomic E-state index is 0.0582. The van der Waals surface area contributed by atoms with Gasteiger partial charge >= 0.3 is 0 Å². The van der Waals surface area contributed by atoms with Crippen LogP contribution in [0.5, 0.6) is 0 Å². The lowest BCUT2D eigenvalue weighted by Gasteiger charge is -2.19. The summed E-state index contributed by atoms with van der Waals surface area (Å²) in [5.41, 5.74) is 6.95. The summed E-state index contributed by atoms with van der Waals surface area (Å²) in [4.78, 5) is 37.7. The van der Waals surface area contributed by atoms with Gasteiger partial charge in [0, 0.05) is 28.7 Å². The highest BCUT2D eigenvalue weighted by molar-refractivity contribution is 8.18. The molecule has 25 heavy (non-hydrogen) atoms. The number of hydrogen-bond donors (Lipinski definition) is 1. The van der Waals surface area contributed by atoms with E-state index in [0.717, 1.165) is 28.2 Å². The number of carbonyl (C=O) groups is 3. The smallest absolute Gasteiger partial charge is 0.293 e. The summed E-state index contributed by atoms with van der Waals surface area (Å²) < 4.78 is 1.75. The van der Waals surface area contributed by atoms with E-state index in [1.807, 2.05) is 38.1 Å². The van der Waals surface area contributed by atoms with Crippen LogP contribution < -0.4 is 5.73 Å². The molecule has 2 aromatic rings. The fraction of sp³-hybridized carbons (Fsp3) is 0.278. The van der Waals surface area contributed by atoms with Crippen LogP contribution >= 0.6 is 11.8 Å². The third-order valence-electron chi connectivity index (χ3n) is 4.29. The van der Waals surface area contributed by atoms with Crippen LogP contribution in [-0.2, 0) is 16.1 Å². The first-order chi connectivity index (χ1) is 11.9. The van der Waals surface area contributed by atoms with Gasteiger partial charge in [0.15, 0.2) is 0 Å². The second kappa shape index (κ2) is 6.76. The van der Waals surface area contributed by atoms with Crippen molar-refractivity contribution in [2.45, 2.75) is 32.9 Å². The number of para-hydroxylation sites is 1. The Kier molecular flexibility index (Phi) is 4.67. The average molecular weight is 357 g/mol. The van der Waals surface area contributed by atoms with Gasteiger partial charge in [-0.25, -0.2) is 0 Å². The van der Waals surface area contributed by atoms with E-state index in [1.165, 1.54) is 4.90 Å². The standard InChI is InChI=1S/C18H19N3O3S/c1-3-11(2)21-17(23)15(25-18(21)24)8-12-9-20(10-16(19)22)14-7-5-4-6-13(12)14/h4-9,11H,3,10H2,1-2H3,(H2,19,22)/b15-8+/t11-/m1/s1. The van der Waals surface area contributed by atoms with Crippen LogP contribution in [-0.4, -0.2) is 32.6 Å². The minimum atomic E-state index is -0.440. The monoisotopic (exact) mass is 357 g/mol. The SMILES string of the molecule is CC[C@@H](C)N1C(=O)S/C(=C/c2cn(CC(N)=O)c3ccccc23)C1=O. The first kappa shape index (κ1) is 17.3. The molecule has 130 valence electrons. The van der Waals surface area contributed by atoms with E-state index in [-0.39, 0.29) is 23.7 Å². The van der Waals surface area contributed by atoms with E-state index in [2.05, 4.69) is 0 Å². The van der Waals surface area contributed by atoms with Crippen LogP contribution in [0.4, 0.5) is 4.79 Å². The molecule has 6 nitrogen and oxygen atoms in total. The van der Waals surface area contributed by atoms with Gasteiger partial charge < -0.3 is 10.3 Å². The quantitative estimate of drug-likeness (QED) is 0.834. The molecule has 0 radical (unpaired) electrons. The van der Waals surface area contributed by atoms with E-state index in [4.69, 9.17) is 5.73 Å². The molecular formula is C18H19N3O3S. The van der Waals surface area contributed by atoms with Gasteiger partial charge in [-0.3, -0.25) is 19.3 Å². The Morgan fingerprint density at radius 2 is 2.04 bits per heavy atom. The summed E-state index contributed by atoms with van der Waals surface area (Å²) in [5, 5.41) is 0.658. The molecule has 0 unspecified atom stereocenters. The summed E-state index contributed by atoms with van der Waals surface area (Å²) in [5.74, 6) is -0.708. The number of primary amides is 1. The van der Waals surface area contributed by atoms with Crippen LogP contribution in [0, 0.1) is 0 Å². The van der Waals surface area contributed by atoms with Crippen molar-refractivity contribution in [2.24, 2.45) is 5.73 Å². The average Bonchev–Trinajstić information content (AvgIpc) is 3.05. The van der Waals surface area contributed by atoms with Crippen molar-refractivity contribution in [3.8, 4) is 0 Å². The van der Waals surface area contributed by atoms with Crippen LogP contribution in [0.25, 0.3) is 17.0 Å². The molecule has 3 amide bonds. The van der Waals surface area contributed by atoms with Gasteiger partial charge in [0.2, 0.25) is 5.91 Å². The Morgan fingerprint density at radius 1 is 1.32 bits per heavy atom. The van der Waals surface area contributed by atoms with Gasteiger partial charge in [0.1, 0.15) is 6.54 Å². The highest BCUT2D eigenvalue weighted by Crippen LogP contribution is 2.35. The van der Waals surface area contributed by atoms with Crippen molar-refractivity contribution in [1.29, 1.82) is 0 Å². The number of carbonyl (C=O) groups excluding carboxylic acids is 3. The minimum Gasteiger partial charge on any atom is -0.368 e. The lowest BCUT2D eigenvalue weighted by atomic mass is 10.1. The molecule has 1 aromatic heterocycles. The maximum Gasteiger partial charge on any atom is 0.293 e. The molecule has 0 bridgehead atoms. The maximum atomic E-state index is 12.6. The summed E-state index contributed by atoms with van der Waals surface area (Å²) in [6.45, 7) is 3.86. The van der Waals surface area contributed by atoms with Crippen LogP contribution in [0.15, 0.2) is 35.4 Å². The normalized spacial score (nSPS) is 17.7. The van der Waals surface area contributed by atoms with E-state index in [9.17, 15) is 14.4 Å². The van der Waals surface area contributed by atoms with Gasteiger partial charge in [-0.05, 0) is 37.2 Å². The molecule has 1 aromatic carbocycles. The molecule has 0 saturated carbocycles. The van der Waals surface area contributed by atoms with Crippen molar-refractivity contribution in [3.63, 3.8) is 0 Å². The molecule has 1 saturated heterocycles. The molecule has 1 atom stereocenters. The first-order valence-corrected chi connectivity index (χ1v) is 8.87. The van der Waals surface area contributed by atoms with Crippen LogP contribution in [0.1, 0.15) is 25.8 Å². The molecule has 1 aliphatic heterocycles. The van der Waals surface area contributed by atoms with E-state index in [1.54, 1.807) is 16.8 Å². The molecule has 3 rings (SSSR count). The third kappa shape index (κ3) is 3.19. The van der Waals surface area contributed by atoms with Gasteiger partial charge in [-0.2, -0.15) is 0 Å². The van der Waals surface area contributed by atoms with E-state index in [0.29, 0.717) is 11.3 Å². The fourth-order valence-corrected chi connectivity index (χ4v) is 3.79. The van der Waals surface area contributed by atoms with Gasteiger partial charge in [0.25, 0.3) is 11.1 Å². The maximum absolute atomic E-state index is 12.6. The second-order valence-corrected chi connectivity index (χ2v) is 7.00. The lowest BCUT2D eigenvalue weighted by Crippen LogP contribution is -2.36. The zero-order valence-electron chi connectivity index (χ0n) is 14.1. The number of hydrogen-bond acceptors (Lipinski definition) is 4. The Morgan fingerprint density at radius 3 is 2.72 bits per heavy atom. The molecule has 2 N–H and O–H groups in total. The first-order valence-electron chi connectivity index (χ1n) is 8.05. The summed E-state index contributed by atoms with van der Waals surface area (Å²) in [6.07, 6.45) is 4.21. The Labute approximate surface area is 149 Å². The third-order valence-corrected chi connectivity index (χ3v) is 5.17. The van der Waals surface area contributed by atoms with Crippen molar-refractivity contribution >= 4 is 45.8 Å². The van der Waals surface area contributed by atoms with Crippen LogP contribution in [0.2, 0.25) is 0 Å². The van der Waals surface area contributed by atoms with E-state index >= 15 is 0 Å². The van der Waals surface area contributed by atoms with Crippen molar-refractivity contribution in [2.75, 3.05) is 0 Å². The zero-order valence-corrected chi connectivity index (χ0v) is 14.9. The highest BCUT2D eigenvalue weighted by atomic mass is 32.2. The Balaban J connectivity index is 2.03. The number of rotatable bonds is 5. The molecule has 0 aliphatic carbocycles. The van der Waals surface area contributed by atoms with Crippen molar-refractivity contribution in [3.05, 3.63) is 40.9 Å². The highest BCUT2D eigenvalue weighted by Gasteiger charge is 2.37. The zero-order chi connectivity index (χ0) is 18.1. The molecule has 0 spiro atoms. The predicted octanol–water partition coefficient (Wildman–Crippen LogP) is 2.96. The van der Waals surface area contributed by atoms with Crippen molar-refractivity contribution < 1.29 is 14.4 Å². The molecule has 2 heterocycles. The van der Waals surface area contributed by atoms with Gasteiger partial charge in [-0.1, -0.05) is 25.1 Å². The number of fused-ring (bicyclic) bond motifs is 1. The molecular weight excluding hydrogens is 338 g/mol. The van der Waals surface area contributed by atoms with Crippen molar-refractivity contribution in [1.82, 2.24) is 9.47 Å². The number of imide groups is 1. The predicted molar refractivity (Wildman–Crippen MR) is 98.7 cm³/mol. The summed E-state index contributed by atoms with van der Waals surface area (Å²) in [7, 11) is 0. The summed E-state index contributed by atoms with van der Waals surface area (Å²) >= 11 is 0.950. The number of benzene rings is 1. The van der Waals surface area contributed by atoms with Crippen LogP contribution in [0.3, 0.4) is 0 Å². The fourth-order valence-electron chi connectivity index (χ4n) is 2.87. The number of nitrogens with two attached hydrogens (primary N) is 1. The number of nitrogens with zero attached hydrogens (tertiary/aromatic N) is 2. The Bertz CT molecular complexity index is 900. The topological polar surface area (TPSA) is 85.4 Å². The molecule has 1 fully saturated rings. The Hall–Kier alpha value is -2.54. The number of aromatic nitrogens is 1. The summed E-state index contributed by atoms with van der Waals surface area (Å²) in [6, 6.07) is 7.44. The second-order valence-electron chi connectivity index (χ2n) is 6.00. The molecule has 7 heteroatoms. The largest absolute Gasteiger partial charge is 0.368 e. The molecule has 1 aliphatic rings. The number of thioether (sulfide) groups is 1. The van der Waals surface area contributed by atoms with Gasteiger partial charge in [-0.15, -0.1) is 0 Å².